The molecule has 1 aliphatic rings. The van der Waals surface area contributed by atoms with E-state index in [-0.39, 0.29) is 25.0 Å². The molecule has 7 nitrogen and oxygen atoms in total. The number of aliphatic carboxylic acids is 1. The largest absolute Gasteiger partial charge is 0.480 e. The van der Waals surface area contributed by atoms with Crippen molar-refractivity contribution in [3.05, 3.63) is 0 Å². The summed E-state index contributed by atoms with van der Waals surface area (Å²) in [4.78, 5) is 35.5. The zero-order chi connectivity index (χ0) is 14.6. The monoisotopic (exact) mass is 271 g/mol. The van der Waals surface area contributed by atoms with Gasteiger partial charge in [0.25, 0.3) is 0 Å². The minimum Gasteiger partial charge on any atom is -0.480 e. The van der Waals surface area contributed by atoms with Crippen LogP contribution < -0.4 is 10.6 Å². The fraction of sp³-hybridized carbons (Fsp3) is 0.750. The third-order valence-electron chi connectivity index (χ3n) is 3.08. The van der Waals surface area contributed by atoms with E-state index < -0.39 is 17.4 Å². The summed E-state index contributed by atoms with van der Waals surface area (Å²) in [6.45, 7) is 3.28. The number of carboxylic acids is 1. The Balaban J connectivity index is 2.53. The van der Waals surface area contributed by atoms with Gasteiger partial charge in [0, 0.05) is 19.6 Å². The zero-order valence-corrected chi connectivity index (χ0v) is 11.5. The second-order valence-corrected chi connectivity index (χ2v) is 5.37. The van der Waals surface area contributed by atoms with Crippen LogP contribution in [0.25, 0.3) is 0 Å². The van der Waals surface area contributed by atoms with Crippen LogP contribution in [0.5, 0.6) is 0 Å². The van der Waals surface area contributed by atoms with Crippen LogP contribution in [0.3, 0.4) is 0 Å². The number of carboxylic acid groups (broad SMARTS) is 1. The van der Waals surface area contributed by atoms with Gasteiger partial charge >= 0.3 is 12.0 Å². The normalized spacial score (nSPS) is 14.7. The molecule has 1 saturated carbocycles. The SMILES string of the molecule is CNC(=O)C(C)(C)CNC(=O)N(CC(=O)O)C1CC1. The van der Waals surface area contributed by atoms with Crippen molar-refractivity contribution in [1.82, 2.24) is 15.5 Å². The molecular weight excluding hydrogens is 250 g/mol. The van der Waals surface area contributed by atoms with Crippen molar-refractivity contribution in [2.75, 3.05) is 20.1 Å². The van der Waals surface area contributed by atoms with Gasteiger partial charge in [-0.25, -0.2) is 4.79 Å². The molecule has 0 aromatic rings. The maximum atomic E-state index is 11.9. The predicted octanol–water partition coefficient (Wildman–Crippen LogP) is 0.0172. The lowest BCUT2D eigenvalue weighted by Gasteiger charge is -2.26. The molecule has 0 aliphatic heterocycles. The summed E-state index contributed by atoms with van der Waals surface area (Å²) in [6, 6.07) is -0.416. The summed E-state index contributed by atoms with van der Waals surface area (Å²) in [5.74, 6) is -1.21. The van der Waals surface area contributed by atoms with E-state index in [1.807, 2.05) is 0 Å². The first-order chi connectivity index (χ1) is 8.77. The molecule has 1 fully saturated rings. The minimum atomic E-state index is -1.03. The summed E-state index contributed by atoms with van der Waals surface area (Å²) in [6.07, 6.45) is 1.67. The molecule has 3 amide bonds. The average molecular weight is 271 g/mol. The molecule has 0 spiro atoms. The molecule has 0 radical (unpaired) electrons. The number of nitrogens with zero attached hydrogens (tertiary/aromatic N) is 1. The second-order valence-electron chi connectivity index (χ2n) is 5.37. The highest BCUT2D eigenvalue weighted by molar-refractivity contribution is 5.84. The zero-order valence-electron chi connectivity index (χ0n) is 11.5. The van der Waals surface area contributed by atoms with E-state index in [9.17, 15) is 14.4 Å². The lowest BCUT2D eigenvalue weighted by atomic mass is 9.92. The van der Waals surface area contributed by atoms with Gasteiger partial charge < -0.3 is 20.6 Å². The van der Waals surface area contributed by atoms with Crippen molar-refractivity contribution >= 4 is 17.9 Å². The maximum absolute atomic E-state index is 11.9. The second kappa shape index (κ2) is 5.90. The Morgan fingerprint density at radius 1 is 1.32 bits per heavy atom. The molecule has 1 rings (SSSR count). The van der Waals surface area contributed by atoms with E-state index in [0.717, 1.165) is 12.8 Å². The van der Waals surface area contributed by atoms with E-state index in [1.165, 1.54) is 11.9 Å². The maximum Gasteiger partial charge on any atom is 0.323 e. The van der Waals surface area contributed by atoms with Crippen LogP contribution in [0.4, 0.5) is 4.79 Å². The Kier molecular flexibility index (Phi) is 4.74. The van der Waals surface area contributed by atoms with Crippen LogP contribution in [0.1, 0.15) is 26.7 Å². The molecule has 7 heteroatoms. The molecule has 3 N–H and O–H groups in total. The quantitative estimate of drug-likeness (QED) is 0.634. The number of rotatable bonds is 6. The van der Waals surface area contributed by atoms with Gasteiger partial charge in [-0.15, -0.1) is 0 Å². The third kappa shape index (κ3) is 4.42. The molecule has 0 bridgehead atoms. The number of hydrogen-bond donors (Lipinski definition) is 3. The van der Waals surface area contributed by atoms with Crippen LogP contribution in [0.15, 0.2) is 0 Å². The number of carbonyl (C=O) groups is 3. The predicted molar refractivity (Wildman–Crippen MR) is 68.6 cm³/mol. The standard InChI is InChI=1S/C12H21N3O4/c1-12(2,10(18)13-3)7-14-11(19)15(6-9(16)17)8-4-5-8/h8H,4-7H2,1-3H3,(H,13,18)(H,14,19)(H,16,17). The number of nitrogens with one attached hydrogen (secondary N) is 2. The van der Waals surface area contributed by atoms with Gasteiger partial charge in [0.05, 0.1) is 5.41 Å². The molecule has 108 valence electrons. The fourth-order valence-corrected chi connectivity index (χ4v) is 1.72. The summed E-state index contributed by atoms with van der Waals surface area (Å²) in [5.41, 5.74) is -0.733. The van der Waals surface area contributed by atoms with Crippen LogP contribution in [-0.4, -0.2) is 54.1 Å². The molecule has 0 atom stereocenters. The van der Waals surface area contributed by atoms with Gasteiger partial charge in [0.15, 0.2) is 0 Å². The van der Waals surface area contributed by atoms with Crippen molar-refractivity contribution in [2.24, 2.45) is 5.41 Å². The van der Waals surface area contributed by atoms with Gasteiger partial charge in [-0.05, 0) is 26.7 Å². The molecule has 0 aromatic carbocycles. The van der Waals surface area contributed by atoms with E-state index in [2.05, 4.69) is 10.6 Å². The van der Waals surface area contributed by atoms with Crippen molar-refractivity contribution in [3.63, 3.8) is 0 Å². The van der Waals surface area contributed by atoms with Crippen LogP contribution in [0, 0.1) is 5.41 Å². The fourth-order valence-electron chi connectivity index (χ4n) is 1.72. The summed E-state index contributed by atoms with van der Waals surface area (Å²) in [5, 5.41) is 13.9. The highest BCUT2D eigenvalue weighted by Crippen LogP contribution is 2.26. The Morgan fingerprint density at radius 2 is 1.89 bits per heavy atom. The lowest BCUT2D eigenvalue weighted by Crippen LogP contribution is -2.49. The van der Waals surface area contributed by atoms with E-state index in [0.29, 0.717) is 0 Å². The summed E-state index contributed by atoms with van der Waals surface area (Å²) >= 11 is 0. The lowest BCUT2D eigenvalue weighted by molar-refractivity contribution is -0.137. The minimum absolute atomic E-state index is 0.0132. The molecule has 0 aromatic heterocycles. The number of amides is 3. The van der Waals surface area contributed by atoms with Gasteiger partial charge in [0.1, 0.15) is 6.54 Å². The molecule has 0 unspecified atom stereocenters. The highest BCUT2D eigenvalue weighted by atomic mass is 16.4. The van der Waals surface area contributed by atoms with Crippen molar-refractivity contribution in [2.45, 2.75) is 32.7 Å². The van der Waals surface area contributed by atoms with Crippen LogP contribution in [0.2, 0.25) is 0 Å². The van der Waals surface area contributed by atoms with Gasteiger partial charge in [-0.1, -0.05) is 0 Å². The molecule has 1 aliphatic carbocycles. The Bertz CT molecular complexity index is 377. The highest BCUT2D eigenvalue weighted by Gasteiger charge is 2.35. The molecule has 0 heterocycles. The number of hydrogen-bond acceptors (Lipinski definition) is 3. The van der Waals surface area contributed by atoms with Crippen LogP contribution in [-0.2, 0) is 9.59 Å². The first-order valence-electron chi connectivity index (χ1n) is 6.26. The average Bonchev–Trinajstić information content (AvgIpc) is 3.15. The summed E-state index contributed by atoms with van der Waals surface area (Å²) in [7, 11) is 1.53. The van der Waals surface area contributed by atoms with Crippen molar-refractivity contribution < 1.29 is 19.5 Å². The van der Waals surface area contributed by atoms with E-state index >= 15 is 0 Å². The molecule has 0 saturated heterocycles. The topological polar surface area (TPSA) is 98.7 Å². The third-order valence-corrected chi connectivity index (χ3v) is 3.08. The van der Waals surface area contributed by atoms with Gasteiger partial charge in [0.2, 0.25) is 5.91 Å². The molecule has 19 heavy (non-hydrogen) atoms. The Hall–Kier alpha value is -1.79. The van der Waals surface area contributed by atoms with Gasteiger partial charge in [-0.3, -0.25) is 9.59 Å². The Labute approximate surface area is 112 Å². The van der Waals surface area contributed by atoms with Crippen molar-refractivity contribution in [3.8, 4) is 0 Å². The molecular formula is C12H21N3O4. The number of carbonyl (C=O) groups excluding carboxylic acids is 2. The first-order valence-corrected chi connectivity index (χ1v) is 6.26. The van der Waals surface area contributed by atoms with E-state index in [4.69, 9.17) is 5.11 Å². The Morgan fingerprint density at radius 3 is 2.32 bits per heavy atom. The number of urea groups is 1. The first kappa shape index (κ1) is 15.3. The van der Waals surface area contributed by atoms with Gasteiger partial charge in [-0.2, -0.15) is 0 Å². The van der Waals surface area contributed by atoms with Crippen molar-refractivity contribution in [1.29, 1.82) is 0 Å². The summed E-state index contributed by atoms with van der Waals surface area (Å²) < 4.78 is 0. The smallest absolute Gasteiger partial charge is 0.323 e. The van der Waals surface area contributed by atoms with E-state index in [1.54, 1.807) is 13.8 Å². The van der Waals surface area contributed by atoms with Crippen LogP contribution >= 0.6 is 0 Å².